The van der Waals surface area contributed by atoms with Crippen LogP contribution >= 0.6 is 11.8 Å². The highest BCUT2D eigenvalue weighted by Crippen LogP contribution is 2.33. The van der Waals surface area contributed by atoms with Crippen LogP contribution in [0, 0.1) is 0 Å². The third-order valence-electron chi connectivity index (χ3n) is 4.18. The molecule has 1 amide bonds. The van der Waals surface area contributed by atoms with Crippen molar-refractivity contribution in [3.63, 3.8) is 0 Å². The number of unbranched alkanes of at least 4 members (excludes halogenated alkanes) is 1. The third-order valence-corrected chi connectivity index (χ3v) is 5.28. The van der Waals surface area contributed by atoms with Gasteiger partial charge in [0, 0.05) is 25.3 Å². The van der Waals surface area contributed by atoms with E-state index >= 15 is 0 Å². The van der Waals surface area contributed by atoms with Crippen molar-refractivity contribution in [1.82, 2.24) is 24.6 Å². The molecule has 8 heteroatoms. The molecule has 2 aromatic rings. The van der Waals surface area contributed by atoms with Gasteiger partial charge in [0.15, 0.2) is 10.8 Å². The van der Waals surface area contributed by atoms with Gasteiger partial charge in [-0.25, -0.2) is 4.98 Å². The second kappa shape index (κ2) is 6.74. The molecule has 3 heterocycles. The summed E-state index contributed by atoms with van der Waals surface area (Å²) in [6.07, 6.45) is 3.92. The molecule has 0 fully saturated rings. The number of hydrogen-bond acceptors (Lipinski definition) is 5. The summed E-state index contributed by atoms with van der Waals surface area (Å²) in [7, 11) is 0. The summed E-state index contributed by atoms with van der Waals surface area (Å²) in [4.78, 5) is 31.5. The van der Waals surface area contributed by atoms with Crippen molar-refractivity contribution in [3.05, 3.63) is 16.6 Å². The summed E-state index contributed by atoms with van der Waals surface area (Å²) in [5, 5.41) is 7.76. The number of aromatic nitrogens is 4. The molecule has 7 nitrogen and oxygen atoms in total. The molecular weight excluding hydrogens is 314 g/mol. The van der Waals surface area contributed by atoms with E-state index in [2.05, 4.69) is 22.1 Å². The molecule has 2 aromatic heterocycles. The number of hydrogen-bond donors (Lipinski definition) is 1. The first-order valence-corrected chi connectivity index (χ1v) is 9.00. The van der Waals surface area contributed by atoms with Crippen LogP contribution in [0.4, 0.5) is 0 Å². The fraction of sp³-hybridized carbons (Fsp3) is 0.600. The quantitative estimate of drug-likeness (QED) is 0.814. The first kappa shape index (κ1) is 16.0. The second-order valence-electron chi connectivity index (χ2n) is 5.70. The summed E-state index contributed by atoms with van der Waals surface area (Å²) in [6.45, 7) is 5.60. The van der Waals surface area contributed by atoms with E-state index in [1.54, 1.807) is 4.57 Å². The predicted octanol–water partition coefficient (Wildman–Crippen LogP) is 1.81. The number of carbonyl (C=O) groups is 1. The lowest BCUT2D eigenvalue weighted by atomic mass is 10.2. The fourth-order valence-electron chi connectivity index (χ4n) is 2.85. The van der Waals surface area contributed by atoms with Crippen LogP contribution in [0.3, 0.4) is 0 Å². The Morgan fingerprint density at radius 1 is 1.52 bits per heavy atom. The zero-order chi connectivity index (χ0) is 16.4. The summed E-state index contributed by atoms with van der Waals surface area (Å²) in [5.74, 6) is 0.817. The maximum atomic E-state index is 12.6. The monoisotopic (exact) mass is 335 g/mol. The van der Waals surface area contributed by atoms with E-state index in [1.807, 2.05) is 11.8 Å². The Balaban J connectivity index is 1.82. The standard InChI is InChI=1S/C15H21N5O2S/c1-3-5-6-19(4-2)12(21)7-10-9-23-15-17-13-11(8-16-18-13)14(22)20(10)15/h8,10H,3-7,9H2,1-2H3,(H,16,18). The molecule has 0 saturated carbocycles. The number of amides is 1. The highest BCUT2D eigenvalue weighted by Gasteiger charge is 2.29. The van der Waals surface area contributed by atoms with Crippen LogP contribution in [0.15, 0.2) is 16.1 Å². The molecule has 3 rings (SSSR count). The minimum Gasteiger partial charge on any atom is -0.343 e. The lowest BCUT2D eigenvalue weighted by Crippen LogP contribution is -2.35. The van der Waals surface area contributed by atoms with E-state index in [4.69, 9.17) is 0 Å². The number of nitrogens with one attached hydrogen (secondary N) is 1. The lowest BCUT2D eigenvalue weighted by Gasteiger charge is -2.22. The van der Waals surface area contributed by atoms with E-state index in [-0.39, 0.29) is 17.5 Å². The van der Waals surface area contributed by atoms with Crippen LogP contribution in [0.5, 0.6) is 0 Å². The maximum absolute atomic E-state index is 12.6. The first-order chi connectivity index (χ1) is 11.2. The molecule has 1 atom stereocenters. The van der Waals surface area contributed by atoms with Gasteiger partial charge in [0.05, 0.1) is 12.2 Å². The van der Waals surface area contributed by atoms with Crippen LogP contribution in [-0.4, -0.2) is 49.4 Å². The number of thioether (sulfide) groups is 1. The normalized spacial score (nSPS) is 16.7. The molecule has 23 heavy (non-hydrogen) atoms. The average Bonchev–Trinajstić information content (AvgIpc) is 3.16. The number of H-pyrrole nitrogens is 1. The molecule has 0 aromatic carbocycles. The summed E-state index contributed by atoms with van der Waals surface area (Å²) < 4.78 is 1.66. The Kier molecular flexibility index (Phi) is 4.70. The second-order valence-corrected chi connectivity index (χ2v) is 6.68. The zero-order valence-corrected chi connectivity index (χ0v) is 14.2. The van der Waals surface area contributed by atoms with Gasteiger partial charge in [0.2, 0.25) is 5.91 Å². The van der Waals surface area contributed by atoms with Crippen molar-refractivity contribution in [2.24, 2.45) is 0 Å². The van der Waals surface area contributed by atoms with E-state index in [0.717, 1.165) is 19.4 Å². The molecule has 0 saturated heterocycles. The Labute approximate surface area is 138 Å². The largest absolute Gasteiger partial charge is 0.343 e. The highest BCUT2D eigenvalue weighted by atomic mass is 32.2. The summed E-state index contributed by atoms with van der Waals surface area (Å²) >= 11 is 1.52. The van der Waals surface area contributed by atoms with Crippen molar-refractivity contribution < 1.29 is 4.79 Å². The van der Waals surface area contributed by atoms with Gasteiger partial charge in [-0.1, -0.05) is 25.1 Å². The highest BCUT2D eigenvalue weighted by molar-refractivity contribution is 7.99. The Morgan fingerprint density at radius 3 is 3.09 bits per heavy atom. The van der Waals surface area contributed by atoms with Crippen LogP contribution in [0.25, 0.3) is 11.0 Å². The van der Waals surface area contributed by atoms with Gasteiger partial charge in [-0.2, -0.15) is 5.10 Å². The van der Waals surface area contributed by atoms with Crippen molar-refractivity contribution in [2.75, 3.05) is 18.8 Å². The molecule has 1 aliphatic heterocycles. The van der Waals surface area contributed by atoms with Gasteiger partial charge < -0.3 is 4.90 Å². The number of fused-ring (bicyclic) bond motifs is 2. The molecule has 0 spiro atoms. The van der Waals surface area contributed by atoms with Crippen LogP contribution in [-0.2, 0) is 4.79 Å². The van der Waals surface area contributed by atoms with E-state index in [0.29, 0.717) is 34.9 Å². The first-order valence-electron chi connectivity index (χ1n) is 8.01. The van der Waals surface area contributed by atoms with Gasteiger partial charge in [-0.05, 0) is 13.3 Å². The smallest absolute Gasteiger partial charge is 0.265 e. The van der Waals surface area contributed by atoms with Crippen molar-refractivity contribution in [3.8, 4) is 0 Å². The van der Waals surface area contributed by atoms with Crippen molar-refractivity contribution in [1.29, 1.82) is 0 Å². The third kappa shape index (κ3) is 2.99. The van der Waals surface area contributed by atoms with Crippen molar-refractivity contribution in [2.45, 2.75) is 44.3 Å². The number of aromatic amines is 1. The topological polar surface area (TPSA) is 83.9 Å². The van der Waals surface area contributed by atoms with Gasteiger partial charge in [-0.3, -0.25) is 19.3 Å². The number of rotatable bonds is 6. The molecule has 0 aliphatic carbocycles. The van der Waals surface area contributed by atoms with Gasteiger partial charge in [-0.15, -0.1) is 0 Å². The molecular formula is C15H21N5O2S. The van der Waals surface area contributed by atoms with Crippen LogP contribution in [0.2, 0.25) is 0 Å². The Morgan fingerprint density at radius 2 is 2.35 bits per heavy atom. The molecule has 1 unspecified atom stereocenters. The molecule has 1 N–H and O–H groups in total. The van der Waals surface area contributed by atoms with E-state index < -0.39 is 0 Å². The molecule has 0 radical (unpaired) electrons. The summed E-state index contributed by atoms with van der Waals surface area (Å²) in [6, 6.07) is -0.127. The zero-order valence-electron chi connectivity index (χ0n) is 13.4. The number of carbonyl (C=O) groups excluding carboxylic acids is 1. The Bertz CT molecular complexity index is 769. The van der Waals surface area contributed by atoms with Gasteiger partial charge in [0.25, 0.3) is 5.56 Å². The molecule has 1 aliphatic rings. The van der Waals surface area contributed by atoms with Gasteiger partial charge >= 0.3 is 0 Å². The lowest BCUT2D eigenvalue weighted by molar-refractivity contribution is -0.131. The SMILES string of the molecule is CCCCN(CC)C(=O)CC1CSc2nc3[nH]ncc3c(=O)n21. The average molecular weight is 335 g/mol. The van der Waals surface area contributed by atoms with Crippen LogP contribution < -0.4 is 5.56 Å². The minimum absolute atomic E-state index is 0.110. The van der Waals surface area contributed by atoms with E-state index in [9.17, 15) is 9.59 Å². The van der Waals surface area contributed by atoms with E-state index in [1.165, 1.54) is 18.0 Å². The summed E-state index contributed by atoms with van der Waals surface area (Å²) in [5.41, 5.74) is 0.400. The molecule has 0 bridgehead atoms. The Hall–Kier alpha value is -1.83. The maximum Gasteiger partial charge on any atom is 0.265 e. The predicted molar refractivity (Wildman–Crippen MR) is 89.7 cm³/mol. The minimum atomic E-state index is -0.127. The van der Waals surface area contributed by atoms with Gasteiger partial charge in [0.1, 0.15) is 5.39 Å². The van der Waals surface area contributed by atoms with Crippen molar-refractivity contribution >= 4 is 28.7 Å². The fourth-order valence-corrected chi connectivity index (χ4v) is 3.98. The number of nitrogens with zero attached hydrogens (tertiary/aromatic N) is 4. The molecule has 124 valence electrons. The van der Waals surface area contributed by atoms with Crippen LogP contribution in [0.1, 0.15) is 39.2 Å².